The normalized spacial score (nSPS) is 8.43. The summed E-state index contributed by atoms with van der Waals surface area (Å²) in [5.74, 6) is 7.21. The molecule has 0 aromatic heterocycles. The Balaban J connectivity index is -0.000000605. The molecule has 0 aliphatic heterocycles. The molecule has 0 bridgehead atoms. The minimum atomic E-state index is -0.804. The predicted octanol–water partition coefficient (Wildman–Crippen LogP) is -4.71. The minimum Gasteiger partial charge on any atom is -0.850 e. The van der Waals surface area contributed by atoms with Crippen molar-refractivity contribution in [3.8, 4) is 17.8 Å². The number of rotatable bonds is 4. The van der Waals surface area contributed by atoms with Crippen LogP contribution in [-0.4, -0.2) is 5.60 Å². The maximum absolute atomic E-state index is 11.1. The summed E-state index contributed by atoms with van der Waals surface area (Å²) in [7, 11) is 0. The third-order valence-electron chi connectivity index (χ3n) is 1.48. The van der Waals surface area contributed by atoms with Crippen LogP contribution in [0.25, 0.3) is 0 Å². The third-order valence-corrected chi connectivity index (χ3v) is 1.48. The van der Waals surface area contributed by atoms with Crippen molar-refractivity contribution in [1.29, 1.82) is 0 Å². The Morgan fingerprint density at radius 2 is 1.79 bits per heavy atom. The Hall–Kier alpha value is 0.275. The molecule has 14 heavy (non-hydrogen) atoms. The molecule has 1 nitrogen and oxygen atoms in total. The van der Waals surface area contributed by atoms with Crippen LogP contribution in [0.5, 0.6) is 0 Å². The molecule has 0 aliphatic carbocycles. The van der Waals surface area contributed by atoms with Gasteiger partial charge in [0.15, 0.2) is 0 Å². The summed E-state index contributed by atoms with van der Waals surface area (Å²) in [5, 5.41) is 11.1. The zero-order chi connectivity index (χ0) is 9.45. The van der Waals surface area contributed by atoms with E-state index in [-0.39, 0.29) is 37.7 Å². The van der Waals surface area contributed by atoms with Crippen molar-refractivity contribution in [2.75, 3.05) is 0 Å². The molecule has 0 spiro atoms. The third kappa shape index (κ3) is 18.1. The Kier molecular flexibility index (Phi) is 16.0. The van der Waals surface area contributed by atoms with Crippen molar-refractivity contribution in [2.24, 2.45) is 0 Å². The molecule has 0 amide bonds. The molecule has 0 aromatic carbocycles. The van der Waals surface area contributed by atoms with Crippen LogP contribution in [0, 0.1) is 24.2 Å². The second kappa shape index (κ2) is 11.4. The largest absolute Gasteiger partial charge is 1.00 e. The van der Waals surface area contributed by atoms with E-state index in [1.807, 2.05) is 5.92 Å². The van der Waals surface area contributed by atoms with Crippen LogP contribution < -0.4 is 42.8 Å². The smallest absolute Gasteiger partial charge is 0.850 e. The van der Waals surface area contributed by atoms with Crippen molar-refractivity contribution in [3.63, 3.8) is 0 Å². The Bertz CT molecular complexity index is 212. The van der Waals surface area contributed by atoms with Gasteiger partial charge >= 0.3 is 37.7 Å². The van der Waals surface area contributed by atoms with Crippen molar-refractivity contribution in [1.82, 2.24) is 0 Å². The predicted molar refractivity (Wildman–Crippen MR) is 47.5 cm³/mol. The van der Waals surface area contributed by atoms with Crippen LogP contribution in [0.1, 0.15) is 39.5 Å². The second-order valence-electron chi connectivity index (χ2n) is 3.39. The Labute approximate surface area is 112 Å². The fraction of sp³-hybridized carbons (Fsp3) is 0.636. The first kappa shape index (κ1) is 19.8. The summed E-state index contributed by atoms with van der Waals surface area (Å²) >= 11 is 0. The standard InChI is InChI=1S/C11H14O.2Li/c1-4-5-6-7-8-9-10-11(2,3)12;;/h7-10H2,2-3H3;;/q-2;2*+1. The Morgan fingerprint density at radius 3 is 2.21 bits per heavy atom. The first-order valence-corrected chi connectivity index (χ1v) is 4.16. The first-order chi connectivity index (χ1) is 5.56. The average Bonchev–Trinajstić information content (AvgIpc) is 1.94. The van der Waals surface area contributed by atoms with Crippen LogP contribution in [0.2, 0.25) is 0 Å². The van der Waals surface area contributed by atoms with Gasteiger partial charge in [0.2, 0.25) is 0 Å². The van der Waals surface area contributed by atoms with E-state index in [2.05, 4.69) is 11.8 Å². The van der Waals surface area contributed by atoms with Gasteiger partial charge in [0.05, 0.1) is 0 Å². The molecule has 0 N–H and O–H groups in total. The minimum absolute atomic E-state index is 0. The number of hydrogen-bond donors (Lipinski definition) is 0. The van der Waals surface area contributed by atoms with Gasteiger partial charge in [0.25, 0.3) is 0 Å². The van der Waals surface area contributed by atoms with Crippen LogP contribution in [0.4, 0.5) is 0 Å². The fourth-order valence-electron chi connectivity index (χ4n) is 0.871. The molecule has 0 saturated heterocycles. The summed E-state index contributed by atoms with van der Waals surface area (Å²) < 4.78 is 0. The topological polar surface area (TPSA) is 23.1 Å². The SMILES string of the molecule is [C-]#CC#CCCCCC(C)(C)[O-].[Li+].[Li+]. The molecular formula is C11H14Li2O. The molecule has 66 valence electrons. The van der Waals surface area contributed by atoms with Crippen molar-refractivity contribution in [2.45, 2.75) is 45.1 Å². The first-order valence-electron chi connectivity index (χ1n) is 4.16. The molecule has 0 fully saturated rings. The molecule has 0 rings (SSSR count). The molecule has 0 aliphatic rings. The summed E-state index contributed by atoms with van der Waals surface area (Å²) in [6.07, 6.45) is 9.84. The van der Waals surface area contributed by atoms with Gasteiger partial charge in [-0.05, 0) is 12.8 Å². The van der Waals surface area contributed by atoms with E-state index in [1.165, 1.54) is 0 Å². The van der Waals surface area contributed by atoms with Crippen LogP contribution in [-0.2, 0) is 0 Å². The molecule has 0 saturated carbocycles. The molecule has 3 heteroatoms. The van der Waals surface area contributed by atoms with E-state index in [0.717, 1.165) is 19.3 Å². The van der Waals surface area contributed by atoms with Crippen molar-refractivity contribution >= 4 is 0 Å². The molecular weight excluding hydrogens is 162 g/mol. The molecule has 0 atom stereocenters. The van der Waals surface area contributed by atoms with E-state index in [1.54, 1.807) is 13.8 Å². The number of hydrogen-bond acceptors (Lipinski definition) is 1. The van der Waals surface area contributed by atoms with Gasteiger partial charge < -0.3 is 11.5 Å². The van der Waals surface area contributed by atoms with Crippen molar-refractivity contribution < 1.29 is 42.8 Å². The van der Waals surface area contributed by atoms with Crippen LogP contribution in [0.15, 0.2) is 0 Å². The van der Waals surface area contributed by atoms with Gasteiger partial charge in [-0.1, -0.05) is 26.7 Å². The fourth-order valence-corrected chi connectivity index (χ4v) is 0.871. The van der Waals surface area contributed by atoms with Gasteiger partial charge in [-0.15, -0.1) is 5.60 Å². The Morgan fingerprint density at radius 1 is 1.21 bits per heavy atom. The quantitative estimate of drug-likeness (QED) is 0.183. The van der Waals surface area contributed by atoms with E-state index in [0.29, 0.717) is 6.42 Å². The molecule has 0 unspecified atom stereocenters. The zero-order valence-electron chi connectivity index (χ0n) is 9.74. The van der Waals surface area contributed by atoms with Gasteiger partial charge in [-0.25, -0.2) is 5.92 Å². The maximum Gasteiger partial charge on any atom is 1.00 e. The van der Waals surface area contributed by atoms with E-state index >= 15 is 0 Å². The van der Waals surface area contributed by atoms with Gasteiger partial charge in [-0.2, -0.15) is 0 Å². The molecule has 0 heterocycles. The van der Waals surface area contributed by atoms with Gasteiger partial charge in [0.1, 0.15) is 0 Å². The van der Waals surface area contributed by atoms with Gasteiger partial charge in [-0.3, -0.25) is 11.8 Å². The van der Waals surface area contributed by atoms with Crippen molar-refractivity contribution in [3.05, 3.63) is 6.42 Å². The zero-order valence-corrected chi connectivity index (χ0v) is 9.74. The van der Waals surface area contributed by atoms with E-state index in [4.69, 9.17) is 6.42 Å². The summed E-state index contributed by atoms with van der Waals surface area (Å²) in [5.41, 5.74) is -0.804. The summed E-state index contributed by atoms with van der Waals surface area (Å²) in [6.45, 7) is 3.40. The second-order valence-corrected chi connectivity index (χ2v) is 3.39. The monoisotopic (exact) mass is 176 g/mol. The van der Waals surface area contributed by atoms with Gasteiger partial charge in [0, 0.05) is 0 Å². The maximum atomic E-state index is 11.1. The van der Waals surface area contributed by atoms with E-state index in [9.17, 15) is 5.11 Å². The van der Waals surface area contributed by atoms with Crippen LogP contribution in [0.3, 0.4) is 0 Å². The van der Waals surface area contributed by atoms with Crippen LogP contribution >= 0.6 is 0 Å². The summed E-state index contributed by atoms with van der Waals surface area (Å²) in [6, 6.07) is 0. The van der Waals surface area contributed by atoms with E-state index < -0.39 is 5.60 Å². The number of unbranched alkanes of at least 4 members (excludes halogenated alkanes) is 2. The molecule has 0 radical (unpaired) electrons. The summed E-state index contributed by atoms with van der Waals surface area (Å²) in [4.78, 5) is 0. The average molecular weight is 176 g/mol. The molecule has 0 aromatic rings.